The van der Waals surface area contributed by atoms with Crippen LogP contribution in [-0.2, 0) is 6.54 Å². The van der Waals surface area contributed by atoms with Gasteiger partial charge in [0.2, 0.25) is 5.95 Å². The molecule has 0 saturated heterocycles. The van der Waals surface area contributed by atoms with Gasteiger partial charge in [0.15, 0.2) is 0 Å². The number of anilines is 1. The van der Waals surface area contributed by atoms with Crippen LogP contribution in [0.25, 0.3) is 0 Å². The van der Waals surface area contributed by atoms with Gasteiger partial charge in [-0.05, 0) is 24.1 Å². The van der Waals surface area contributed by atoms with Crippen LogP contribution < -0.4 is 10.6 Å². The number of nitrogens with zero attached hydrogens (tertiary/aromatic N) is 2. The molecule has 0 saturated carbocycles. The lowest BCUT2D eigenvalue weighted by atomic mass is 10.2. The molecule has 0 spiro atoms. The number of carbonyl (C=O) groups excluding carboxylic acids is 1. The highest BCUT2D eigenvalue weighted by Crippen LogP contribution is 2.14. The van der Waals surface area contributed by atoms with Crippen LogP contribution in [0.4, 0.5) is 5.95 Å². The summed E-state index contributed by atoms with van der Waals surface area (Å²) in [5.41, 5.74) is 1.21. The summed E-state index contributed by atoms with van der Waals surface area (Å²) in [4.78, 5) is 20.6. The normalized spacial score (nSPS) is 10.3. The number of hydrogen-bond donors (Lipinski definition) is 2. The van der Waals surface area contributed by atoms with E-state index in [4.69, 9.17) is 11.6 Å². The molecule has 2 rings (SSSR count). The molecule has 2 aromatic rings. The Morgan fingerprint density at radius 1 is 1.22 bits per heavy atom. The molecule has 5 nitrogen and oxygen atoms in total. The molecule has 1 heterocycles. The van der Waals surface area contributed by atoms with Gasteiger partial charge in [-0.1, -0.05) is 49.6 Å². The van der Waals surface area contributed by atoms with E-state index in [1.807, 2.05) is 18.2 Å². The first-order chi connectivity index (χ1) is 11.2. The highest BCUT2D eigenvalue weighted by molar-refractivity contribution is 6.31. The summed E-state index contributed by atoms with van der Waals surface area (Å²) < 4.78 is 0. The van der Waals surface area contributed by atoms with Crippen LogP contribution in [0.2, 0.25) is 5.02 Å². The largest absolute Gasteiger partial charge is 0.354 e. The average Bonchev–Trinajstić information content (AvgIpc) is 2.58. The Balaban J connectivity index is 1.90. The lowest BCUT2D eigenvalue weighted by molar-refractivity contribution is 0.0946. The molecule has 0 aliphatic heterocycles. The fourth-order valence-electron chi connectivity index (χ4n) is 2.05. The Morgan fingerprint density at radius 2 is 2.04 bits per heavy atom. The molecule has 2 N–H and O–H groups in total. The van der Waals surface area contributed by atoms with E-state index in [-0.39, 0.29) is 5.91 Å². The van der Waals surface area contributed by atoms with E-state index in [0.29, 0.717) is 23.2 Å². The molecule has 0 bridgehead atoms. The van der Waals surface area contributed by atoms with E-state index in [2.05, 4.69) is 27.5 Å². The second-order valence-electron chi connectivity index (χ2n) is 5.17. The fourth-order valence-corrected chi connectivity index (χ4v) is 2.26. The zero-order valence-corrected chi connectivity index (χ0v) is 13.9. The summed E-state index contributed by atoms with van der Waals surface area (Å²) in [6, 6.07) is 9.01. The Labute approximate surface area is 141 Å². The first kappa shape index (κ1) is 17.2. The molecule has 1 aromatic carbocycles. The second kappa shape index (κ2) is 9.10. The Morgan fingerprint density at radius 3 is 2.83 bits per heavy atom. The SMILES string of the molecule is CCCCCNc1nccc(C(=O)NCc2ccccc2Cl)n1. The Kier molecular flexibility index (Phi) is 6.81. The second-order valence-corrected chi connectivity index (χ2v) is 5.58. The summed E-state index contributed by atoms with van der Waals surface area (Å²) >= 11 is 6.07. The van der Waals surface area contributed by atoms with Gasteiger partial charge < -0.3 is 10.6 Å². The topological polar surface area (TPSA) is 66.9 Å². The third kappa shape index (κ3) is 5.53. The van der Waals surface area contributed by atoms with Gasteiger partial charge in [-0.2, -0.15) is 0 Å². The smallest absolute Gasteiger partial charge is 0.270 e. The van der Waals surface area contributed by atoms with E-state index in [0.717, 1.165) is 31.4 Å². The summed E-state index contributed by atoms with van der Waals surface area (Å²) in [5, 5.41) is 6.59. The van der Waals surface area contributed by atoms with E-state index in [1.54, 1.807) is 18.3 Å². The van der Waals surface area contributed by atoms with E-state index >= 15 is 0 Å². The molecule has 122 valence electrons. The van der Waals surface area contributed by atoms with Gasteiger partial charge in [0, 0.05) is 24.3 Å². The number of nitrogens with one attached hydrogen (secondary N) is 2. The molecule has 0 atom stereocenters. The van der Waals surface area contributed by atoms with Gasteiger partial charge in [-0.3, -0.25) is 4.79 Å². The van der Waals surface area contributed by atoms with Crippen LogP contribution in [0, 0.1) is 0 Å². The summed E-state index contributed by atoms with van der Waals surface area (Å²) in [6.07, 6.45) is 4.96. The first-order valence-corrected chi connectivity index (χ1v) is 8.17. The van der Waals surface area contributed by atoms with Crippen LogP contribution in [0.5, 0.6) is 0 Å². The minimum absolute atomic E-state index is 0.246. The Bertz CT molecular complexity index is 648. The standard InChI is InChI=1S/C17H21ClN4O/c1-2-3-6-10-19-17-20-11-9-15(22-17)16(23)21-12-13-7-4-5-8-14(13)18/h4-5,7-9,11H,2-3,6,10,12H2,1H3,(H,21,23)(H,19,20,22). The van der Waals surface area contributed by atoms with Crippen molar-refractivity contribution in [2.45, 2.75) is 32.7 Å². The molecular weight excluding hydrogens is 312 g/mol. The zero-order chi connectivity index (χ0) is 16.5. The van der Waals surface area contributed by atoms with Crippen molar-refractivity contribution in [2.24, 2.45) is 0 Å². The van der Waals surface area contributed by atoms with Crippen LogP contribution in [0.15, 0.2) is 36.5 Å². The highest BCUT2D eigenvalue weighted by atomic mass is 35.5. The van der Waals surface area contributed by atoms with Crippen molar-refractivity contribution < 1.29 is 4.79 Å². The van der Waals surface area contributed by atoms with Crippen molar-refractivity contribution in [3.63, 3.8) is 0 Å². The maximum absolute atomic E-state index is 12.2. The zero-order valence-electron chi connectivity index (χ0n) is 13.2. The van der Waals surface area contributed by atoms with Crippen molar-refractivity contribution >= 4 is 23.5 Å². The van der Waals surface area contributed by atoms with Crippen molar-refractivity contribution in [2.75, 3.05) is 11.9 Å². The van der Waals surface area contributed by atoms with Gasteiger partial charge in [-0.15, -0.1) is 0 Å². The lowest BCUT2D eigenvalue weighted by Crippen LogP contribution is -2.24. The van der Waals surface area contributed by atoms with Gasteiger partial charge >= 0.3 is 0 Å². The quantitative estimate of drug-likeness (QED) is 0.724. The van der Waals surface area contributed by atoms with Crippen LogP contribution in [0.3, 0.4) is 0 Å². The lowest BCUT2D eigenvalue weighted by Gasteiger charge is -2.08. The van der Waals surface area contributed by atoms with Gasteiger partial charge in [-0.25, -0.2) is 9.97 Å². The molecule has 0 aliphatic rings. The molecular formula is C17H21ClN4O. The summed E-state index contributed by atoms with van der Waals surface area (Å²) in [6.45, 7) is 3.32. The molecule has 0 unspecified atom stereocenters. The molecule has 0 aliphatic carbocycles. The Hall–Kier alpha value is -2.14. The minimum atomic E-state index is -0.246. The predicted molar refractivity (Wildman–Crippen MR) is 92.7 cm³/mol. The minimum Gasteiger partial charge on any atom is -0.354 e. The number of amides is 1. The molecule has 1 aromatic heterocycles. The van der Waals surface area contributed by atoms with Crippen LogP contribution >= 0.6 is 11.6 Å². The number of rotatable bonds is 8. The average molecular weight is 333 g/mol. The summed E-state index contributed by atoms with van der Waals surface area (Å²) in [7, 11) is 0. The van der Waals surface area contributed by atoms with Crippen LogP contribution in [0.1, 0.15) is 42.2 Å². The summed E-state index contributed by atoms with van der Waals surface area (Å²) in [5.74, 6) is 0.232. The van der Waals surface area contributed by atoms with E-state index in [9.17, 15) is 4.79 Å². The monoisotopic (exact) mass is 332 g/mol. The first-order valence-electron chi connectivity index (χ1n) is 7.79. The number of carbonyl (C=O) groups is 1. The number of unbranched alkanes of at least 4 members (excludes halogenated alkanes) is 2. The van der Waals surface area contributed by atoms with Crippen LogP contribution in [-0.4, -0.2) is 22.4 Å². The molecule has 23 heavy (non-hydrogen) atoms. The molecule has 1 amide bonds. The van der Waals surface area contributed by atoms with Gasteiger partial charge in [0.05, 0.1) is 0 Å². The number of aromatic nitrogens is 2. The number of benzene rings is 1. The van der Waals surface area contributed by atoms with Crippen molar-refractivity contribution in [1.82, 2.24) is 15.3 Å². The van der Waals surface area contributed by atoms with E-state index in [1.165, 1.54) is 0 Å². The maximum atomic E-state index is 12.2. The van der Waals surface area contributed by atoms with Gasteiger partial charge in [0.1, 0.15) is 5.69 Å². The predicted octanol–water partition coefficient (Wildman–Crippen LogP) is 3.66. The van der Waals surface area contributed by atoms with Crippen molar-refractivity contribution in [1.29, 1.82) is 0 Å². The number of hydrogen-bond acceptors (Lipinski definition) is 4. The van der Waals surface area contributed by atoms with E-state index < -0.39 is 0 Å². The van der Waals surface area contributed by atoms with Gasteiger partial charge in [0.25, 0.3) is 5.91 Å². The molecule has 0 fully saturated rings. The van der Waals surface area contributed by atoms with Crippen molar-refractivity contribution in [3.05, 3.63) is 52.8 Å². The third-order valence-corrected chi connectivity index (χ3v) is 3.72. The molecule has 6 heteroatoms. The fraction of sp³-hybridized carbons (Fsp3) is 0.353. The highest BCUT2D eigenvalue weighted by Gasteiger charge is 2.09. The number of halogens is 1. The molecule has 0 radical (unpaired) electrons. The maximum Gasteiger partial charge on any atom is 0.270 e. The van der Waals surface area contributed by atoms with Crippen molar-refractivity contribution in [3.8, 4) is 0 Å². The third-order valence-electron chi connectivity index (χ3n) is 3.35.